The maximum absolute atomic E-state index is 12.1. The lowest BCUT2D eigenvalue weighted by molar-refractivity contribution is -0.148. The van der Waals surface area contributed by atoms with E-state index in [1.807, 2.05) is 0 Å². The van der Waals surface area contributed by atoms with Crippen molar-refractivity contribution in [2.24, 2.45) is 0 Å². The topological polar surface area (TPSA) is 64.1 Å². The third-order valence-corrected chi connectivity index (χ3v) is 5.38. The van der Waals surface area contributed by atoms with Crippen molar-refractivity contribution in [2.75, 3.05) is 13.7 Å². The molecular weight excluding hydrogens is 282 g/mol. The van der Waals surface area contributed by atoms with Gasteiger partial charge < -0.3 is 10.1 Å². The molecule has 1 aromatic rings. The molecule has 0 spiro atoms. The third-order valence-electron chi connectivity index (χ3n) is 3.37. The van der Waals surface area contributed by atoms with Gasteiger partial charge in [-0.05, 0) is 43.8 Å². The van der Waals surface area contributed by atoms with Gasteiger partial charge in [-0.15, -0.1) is 0 Å². The van der Waals surface area contributed by atoms with Crippen LogP contribution in [0.1, 0.15) is 32.6 Å². The van der Waals surface area contributed by atoms with Crippen molar-refractivity contribution in [1.82, 2.24) is 14.7 Å². The zero-order valence-corrected chi connectivity index (χ0v) is 12.9. The molecule has 5 nitrogen and oxygen atoms in total. The third kappa shape index (κ3) is 3.46. The molecule has 7 heteroatoms. The second-order valence-corrected chi connectivity index (χ2v) is 7.02. The molecule has 1 aliphatic carbocycles. The minimum atomic E-state index is -0.507. The summed E-state index contributed by atoms with van der Waals surface area (Å²) < 4.78 is 9.96. The fourth-order valence-corrected chi connectivity index (χ4v) is 4.42. The largest absolute Gasteiger partial charge is 0.468 e. The van der Waals surface area contributed by atoms with E-state index in [-0.39, 0.29) is 5.97 Å². The number of nitrogens with zero attached hydrogens (tertiary/aromatic N) is 2. The first-order valence-electron chi connectivity index (χ1n) is 6.47. The number of thioether (sulfide) groups is 1. The zero-order chi connectivity index (χ0) is 13.7. The van der Waals surface area contributed by atoms with Crippen LogP contribution in [0.5, 0.6) is 0 Å². The van der Waals surface area contributed by atoms with Gasteiger partial charge in [-0.1, -0.05) is 18.7 Å². The molecule has 0 aliphatic heterocycles. The second kappa shape index (κ2) is 6.67. The number of rotatable bonds is 6. The Morgan fingerprint density at radius 1 is 1.74 bits per heavy atom. The van der Waals surface area contributed by atoms with E-state index in [9.17, 15) is 4.79 Å². The van der Waals surface area contributed by atoms with E-state index >= 15 is 0 Å². The average molecular weight is 301 g/mol. The molecule has 1 aromatic heterocycles. The van der Waals surface area contributed by atoms with E-state index < -0.39 is 5.54 Å². The smallest absolute Gasteiger partial charge is 0.326 e. The summed E-state index contributed by atoms with van der Waals surface area (Å²) >= 11 is 3.13. The molecule has 0 amide bonds. The summed E-state index contributed by atoms with van der Waals surface area (Å²) in [5, 5.41) is 3.78. The molecule has 0 aromatic carbocycles. The van der Waals surface area contributed by atoms with Gasteiger partial charge in [0, 0.05) is 5.25 Å². The number of ether oxygens (including phenoxy) is 1. The molecule has 1 N–H and O–H groups in total. The van der Waals surface area contributed by atoms with Crippen molar-refractivity contribution in [2.45, 2.75) is 47.7 Å². The highest BCUT2D eigenvalue weighted by atomic mass is 32.2. The zero-order valence-electron chi connectivity index (χ0n) is 11.2. The van der Waals surface area contributed by atoms with Crippen LogP contribution in [0.4, 0.5) is 0 Å². The summed E-state index contributed by atoms with van der Waals surface area (Å²) in [4.78, 5) is 16.3. The van der Waals surface area contributed by atoms with Crippen LogP contribution >= 0.6 is 23.3 Å². The molecule has 19 heavy (non-hydrogen) atoms. The quantitative estimate of drug-likeness (QED) is 0.812. The monoisotopic (exact) mass is 301 g/mol. The van der Waals surface area contributed by atoms with Gasteiger partial charge in [0.15, 0.2) is 4.34 Å². The van der Waals surface area contributed by atoms with Crippen LogP contribution in [0, 0.1) is 0 Å². The lowest BCUT2D eigenvalue weighted by Crippen LogP contribution is -2.51. The van der Waals surface area contributed by atoms with Gasteiger partial charge in [0.25, 0.3) is 0 Å². The lowest BCUT2D eigenvalue weighted by Gasteiger charge is -2.27. The summed E-state index contributed by atoms with van der Waals surface area (Å²) in [6.07, 6.45) is 5.20. The molecule has 2 atom stereocenters. The van der Waals surface area contributed by atoms with Crippen LogP contribution in [0.3, 0.4) is 0 Å². The molecular formula is C12H19N3O2S2. The lowest BCUT2D eigenvalue weighted by atomic mass is 9.97. The molecule has 1 saturated carbocycles. The van der Waals surface area contributed by atoms with E-state index in [2.05, 4.69) is 21.6 Å². The molecule has 0 bridgehead atoms. The molecule has 1 heterocycles. The van der Waals surface area contributed by atoms with Crippen molar-refractivity contribution in [1.29, 1.82) is 0 Å². The Morgan fingerprint density at radius 3 is 3.21 bits per heavy atom. The van der Waals surface area contributed by atoms with Crippen LogP contribution in [-0.2, 0) is 9.53 Å². The molecule has 0 radical (unpaired) electrons. The van der Waals surface area contributed by atoms with Crippen molar-refractivity contribution in [3.8, 4) is 0 Å². The first-order chi connectivity index (χ1) is 9.20. The van der Waals surface area contributed by atoms with Gasteiger partial charge in [0.2, 0.25) is 0 Å². The van der Waals surface area contributed by atoms with E-state index in [1.54, 1.807) is 18.1 Å². The Morgan fingerprint density at radius 2 is 2.58 bits per heavy atom. The van der Waals surface area contributed by atoms with Crippen molar-refractivity contribution in [3.63, 3.8) is 0 Å². The molecule has 1 aliphatic rings. The Bertz CT molecular complexity index is 413. The highest BCUT2D eigenvalue weighted by molar-refractivity contribution is 8.01. The van der Waals surface area contributed by atoms with Gasteiger partial charge in [0.05, 0.1) is 7.11 Å². The van der Waals surface area contributed by atoms with Crippen LogP contribution in [0.2, 0.25) is 0 Å². The van der Waals surface area contributed by atoms with Gasteiger partial charge in [0.1, 0.15) is 11.9 Å². The number of hydrogen-bond acceptors (Lipinski definition) is 7. The first-order valence-corrected chi connectivity index (χ1v) is 8.12. The predicted octanol–water partition coefficient (Wildman–Crippen LogP) is 2.09. The molecule has 0 saturated heterocycles. The number of methoxy groups -OCH3 is 1. The summed E-state index contributed by atoms with van der Waals surface area (Å²) in [5.41, 5.74) is -0.507. The van der Waals surface area contributed by atoms with E-state index in [1.165, 1.54) is 18.6 Å². The number of nitrogens with one attached hydrogen (secondary N) is 1. The van der Waals surface area contributed by atoms with Gasteiger partial charge >= 0.3 is 5.97 Å². The Kier molecular flexibility index (Phi) is 5.18. The Hall–Kier alpha value is -0.660. The fraction of sp³-hybridized carbons (Fsp3) is 0.750. The van der Waals surface area contributed by atoms with Crippen LogP contribution in [0.15, 0.2) is 10.7 Å². The second-order valence-electron chi connectivity index (χ2n) is 4.69. The average Bonchev–Trinajstić information content (AvgIpc) is 3.07. The standard InChI is InChI=1S/C12H19N3O2S2/c1-3-6-14-12(10(16)17-2)5-4-9(7-12)18-11-13-8-15-19-11/h8-9,14H,3-7H2,1-2H3. The normalized spacial score (nSPS) is 26.5. The number of esters is 1. The summed E-state index contributed by atoms with van der Waals surface area (Å²) in [5.74, 6) is -0.138. The van der Waals surface area contributed by atoms with Crippen molar-refractivity contribution >= 4 is 29.3 Å². The maximum atomic E-state index is 12.1. The Balaban J connectivity index is 2.00. The summed E-state index contributed by atoms with van der Waals surface area (Å²) in [6, 6.07) is 0. The fourth-order valence-electron chi connectivity index (χ4n) is 2.44. The van der Waals surface area contributed by atoms with Gasteiger partial charge in [-0.2, -0.15) is 4.37 Å². The van der Waals surface area contributed by atoms with Gasteiger partial charge in [-0.3, -0.25) is 4.79 Å². The van der Waals surface area contributed by atoms with Gasteiger partial charge in [-0.25, -0.2) is 4.98 Å². The summed E-state index contributed by atoms with van der Waals surface area (Å²) in [6.45, 7) is 2.94. The van der Waals surface area contributed by atoms with Crippen LogP contribution in [-0.4, -0.2) is 39.8 Å². The molecule has 106 valence electrons. The minimum Gasteiger partial charge on any atom is -0.468 e. The highest BCUT2D eigenvalue weighted by Gasteiger charge is 2.46. The van der Waals surface area contributed by atoms with E-state index in [0.717, 1.165) is 36.6 Å². The van der Waals surface area contributed by atoms with Crippen molar-refractivity contribution in [3.05, 3.63) is 6.33 Å². The number of hydrogen-bond donors (Lipinski definition) is 1. The molecule has 1 fully saturated rings. The maximum Gasteiger partial charge on any atom is 0.326 e. The van der Waals surface area contributed by atoms with Crippen LogP contribution < -0.4 is 5.32 Å². The van der Waals surface area contributed by atoms with Crippen LogP contribution in [0.25, 0.3) is 0 Å². The molecule has 2 unspecified atom stereocenters. The Labute approximate surface area is 121 Å². The van der Waals surface area contributed by atoms with E-state index in [4.69, 9.17) is 4.74 Å². The number of carbonyl (C=O) groups excluding carboxylic acids is 1. The van der Waals surface area contributed by atoms with Crippen molar-refractivity contribution < 1.29 is 9.53 Å². The van der Waals surface area contributed by atoms with E-state index in [0.29, 0.717) is 5.25 Å². The summed E-state index contributed by atoms with van der Waals surface area (Å²) in [7, 11) is 1.46. The number of aromatic nitrogens is 2. The molecule has 2 rings (SSSR count). The predicted molar refractivity (Wildman–Crippen MR) is 76.4 cm³/mol. The SMILES string of the molecule is CCCNC1(C(=O)OC)CCC(Sc2ncns2)C1. The minimum absolute atomic E-state index is 0.138. The number of carbonyl (C=O) groups is 1. The highest BCUT2D eigenvalue weighted by Crippen LogP contribution is 2.41. The first kappa shape index (κ1) is 14.7.